The summed E-state index contributed by atoms with van der Waals surface area (Å²) in [4.78, 5) is 37.7. The Hall–Kier alpha value is -4.31. The first-order valence-electron chi connectivity index (χ1n) is 42.7. The quantitative estimate of drug-likeness (QED) is 0.0195. The predicted molar refractivity (Wildman–Crippen MR) is 435 cm³/mol. The standard InChI is InChI=1S/C92H161NO8/c1-6-8-10-12-14-16-18-20-22-24-26-28-30-32-34-36-38-40-42-44-45-47-49-51-53-55-57-59-61-63-65-67-69-71-73-75-77-79-81-83-90(95)101-88(87-100-92(91(96)97)98-85-84-93(3,4)5)86-99-89(94)82-80-78-76-74-72-70-68-66-64-62-60-58-56-54-52-50-48-46-43-41-39-37-35-33-31-29-27-25-23-21-19-17-15-13-11-9-7-2/h8,10,14,16,20,22,26,28,32,34,38,40,44-45,49,51,55,57,61,63,88,92H,6-7,9,11-13,15,17-19,21,23-25,27,29-31,33,35-37,39,41-43,46-48,50,52-54,56,58-60,62,64-87H2,1-5H3/b10-8-,16-14-,22-20-,28-26-,34-32-,40-38-,45-44-,51-49-,57-55-,63-61-. The van der Waals surface area contributed by atoms with Gasteiger partial charge in [0.1, 0.15) is 13.2 Å². The van der Waals surface area contributed by atoms with Gasteiger partial charge in [-0.2, -0.15) is 0 Å². The Morgan fingerprint density at radius 1 is 0.307 bits per heavy atom. The monoisotopic (exact) mass is 1410 g/mol. The van der Waals surface area contributed by atoms with Gasteiger partial charge in [-0.15, -0.1) is 0 Å². The highest BCUT2D eigenvalue weighted by Gasteiger charge is 2.22. The second kappa shape index (κ2) is 81.4. The smallest absolute Gasteiger partial charge is 0.306 e. The fourth-order valence-electron chi connectivity index (χ4n) is 12.3. The van der Waals surface area contributed by atoms with E-state index in [1.54, 1.807) is 0 Å². The number of ether oxygens (including phenoxy) is 4. The molecule has 0 saturated carbocycles. The van der Waals surface area contributed by atoms with E-state index < -0.39 is 24.3 Å². The van der Waals surface area contributed by atoms with Crippen LogP contribution >= 0.6 is 0 Å². The number of carbonyl (C=O) groups excluding carboxylic acids is 3. The van der Waals surface area contributed by atoms with E-state index in [1.807, 2.05) is 21.1 Å². The van der Waals surface area contributed by atoms with E-state index in [2.05, 4.69) is 135 Å². The molecular weight excluding hydrogens is 1250 g/mol. The molecule has 101 heavy (non-hydrogen) atoms. The molecular formula is C92H161NO8. The van der Waals surface area contributed by atoms with Crippen molar-refractivity contribution in [1.29, 1.82) is 0 Å². The molecule has 0 aliphatic heterocycles. The highest BCUT2D eigenvalue weighted by molar-refractivity contribution is 5.70. The maximum atomic E-state index is 13.0. The number of aliphatic carboxylic acids is 1. The van der Waals surface area contributed by atoms with Crippen LogP contribution < -0.4 is 5.11 Å². The van der Waals surface area contributed by atoms with E-state index >= 15 is 0 Å². The fraction of sp³-hybridized carbons (Fsp3) is 0.750. The van der Waals surface area contributed by atoms with Crippen LogP contribution in [-0.4, -0.2) is 82.3 Å². The van der Waals surface area contributed by atoms with Crippen LogP contribution in [0, 0.1) is 0 Å². The number of carbonyl (C=O) groups is 3. The Morgan fingerprint density at radius 2 is 0.564 bits per heavy atom. The van der Waals surface area contributed by atoms with Crippen molar-refractivity contribution in [1.82, 2.24) is 0 Å². The molecule has 0 N–H and O–H groups in total. The van der Waals surface area contributed by atoms with Gasteiger partial charge in [-0.1, -0.05) is 405 Å². The Kier molecular flexibility index (Phi) is 77.9. The number of rotatable bonds is 79. The average molecular weight is 1410 g/mol. The summed E-state index contributed by atoms with van der Waals surface area (Å²) in [7, 11) is 5.94. The molecule has 2 atom stereocenters. The third-order valence-corrected chi connectivity index (χ3v) is 18.7. The lowest BCUT2D eigenvalue weighted by Gasteiger charge is -2.26. The van der Waals surface area contributed by atoms with E-state index in [1.165, 1.54) is 244 Å². The Bertz CT molecular complexity index is 2090. The van der Waals surface area contributed by atoms with Crippen LogP contribution in [0.25, 0.3) is 0 Å². The number of esters is 2. The summed E-state index contributed by atoms with van der Waals surface area (Å²) in [5.41, 5.74) is 0. The molecule has 0 aromatic rings. The Balaban J connectivity index is 4.04. The number of carboxylic acids is 1. The molecule has 0 saturated heterocycles. The van der Waals surface area contributed by atoms with Crippen LogP contribution in [0.2, 0.25) is 0 Å². The van der Waals surface area contributed by atoms with E-state index in [4.69, 9.17) is 18.9 Å². The van der Waals surface area contributed by atoms with Gasteiger partial charge in [0, 0.05) is 12.8 Å². The minimum Gasteiger partial charge on any atom is -0.545 e. The molecule has 9 nitrogen and oxygen atoms in total. The minimum atomic E-state index is -1.63. The zero-order chi connectivity index (χ0) is 73.2. The molecule has 0 rings (SSSR count). The predicted octanol–water partition coefficient (Wildman–Crippen LogP) is 26.5. The van der Waals surface area contributed by atoms with Crippen molar-refractivity contribution in [2.24, 2.45) is 0 Å². The molecule has 0 radical (unpaired) electrons. The molecule has 9 heteroatoms. The second-order valence-corrected chi connectivity index (χ2v) is 29.8. The molecule has 2 unspecified atom stereocenters. The van der Waals surface area contributed by atoms with Crippen LogP contribution in [0.1, 0.15) is 386 Å². The van der Waals surface area contributed by atoms with Crippen molar-refractivity contribution < 1.29 is 42.9 Å². The lowest BCUT2D eigenvalue weighted by molar-refractivity contribution is -0.870. The van der Waals surface area contributed by atoms with Crippen molar-refractivity contribution in [3.63, 3.8) is 0 Å². The van der Waals surface area contributed by atoms with Crippen LogP contribution in [-0.2, 0) is 33.3 Å². The summed E-state index contributed by atoms with van der Waals surface area (Å²) in [5, 5.41) is 11.9. The molecule has 582 valence electrons. The highest BCUT2D eigenvalue weighted by Crippen LogP contribution is 2.20. The molecule has 0 aromatic carbocycles. The van der Waals surface area contributed by atoms with E-state index in [-0.39, 0.29) is 38.6 Å². The first-order chi connectivity index (χ1) is 49.6. The van der Waals surface area contributed by atoms with Crippen molar-refractivity contribution in [2.45, 2.75) is 399 Å². The maximum absolute atomic E-state index is 13.0. The SMILES string of the molecule is CC/C=C\C/C=C\C/C=C\C/C=C\C/C=C\C/C=C\C/C=C\C/C=C\C/C=C\C/C=C\CCCCCCCCCCC(=O)OC(COC(=O)CCCCCCCCCCCCCCCCCCCCCCCCCCCCCCCCCCCCCCC)COC(OCC[N+](C)(C)C)C(=O)[O-]. The van der Waals surface area contributed by atoms with E-state index in [0.29, 0.717) is 17.4 Å². The van der Waals surface area contributed by atoms with Gasteiger partial charge in [-0.05, 0) is 89.9 Å². The average Bonchev–Trinajstić information content (AvgIpc) is 1.21. The van der Waals surface area contributed by atoms with Gasteiger partial charge in [-0.3, -0.25) is 9.59 Å². The third kappa shape index (κ3) is 82.8. The number of carboxylic acid groups (broad SMARTS) is 1. The van der Waals surface area contributed by atoms with Gasteiger partial charge in [0.05, 0.1) is 40.3 Å². The molecule has 0 aliphatic carbocycles. The highest BCUT2D eigenvalue weighted by atomic mass is 16.7. The third-order valence-electron chi connectivity index (χ3n) is 18.7. The van der Waals surface area contributed by atoms with Crippen molar-refractivity contribution in [3.8, 4) is 0 Å². The van der Waals surface area contributed by atoms with Crippen LogP contribution in [0.15, 0.2) is 122 Å². The Morgan fingerprint density at radius 3 is 0.842 bits per heavy atom. The molecule has 0 aliphatic rings. The van der Waals surface area contributed by atoms with Gasteiger partial charge in [-0.25, -0.2) is 0 Å². The Labute approximate surface area is 625 Å². The maximum Gasteiger partial charge on any atom is 0.306 e. The van der Waals surface area contributed by atoms with Crippen LogP contribution in [0.5, 0.6) is 0 Å². The zero-order valence-electron chi connectivity index (χ0n) is 66.8. The van der Waals surface area contributed by atoms with Gasteiger partial charge < -0.3 is 33.3 Å². The number of quaternary nitrogens is 1. The van der Waals surface area contributed by atoms with Crippen LogP contribution in [0.4, 0.5) is 0 Å². The summed E-state index contributed by atoms with van der Waals surface area (Å²) >= 11 is 0. The molecule has 0 aromatic heterocycles. The van der Waals surface area contributed by atoms with Crippen molar-refractivity contribution >= 4 is 17.9 Å². The number of hydrogen-bond acceptors (Lipinski definition) is 8. The van der Waals surface area contributed by atoms with Crippen molar-refractivity contribution in [2.75, 3.05) is 47.5 Å². The summed E-state index contributed by atoms with van der Waals surface area (Å²) in [6.07, 6.45) is 113. The summed E-state index contributed by atoms with van der Waals surface area (Å²) < 4.78 is 22.9. The lowest BCUT2D eigenvalue weighted by atomic mass is 10.0. The molecule has 0 fully saturated rings. The number of unbranched alkanes of at least 4 members (excludes halogenated alkanes) is 44. The zero-order valence-corrected chi connectivity index (χ0v) is 66.8. The summed E-state index contributed by atoms with van der Waals surface area (Å²) in [6, 6.07) is 0. The minimum absolute atomic E-state index is 0.142. The van der Waals surface area contributed by atoms with E-state index in [9.17, 15) is 19.5 Å². The largest absolute Gasteiger partial charge is 0.545 e. The van der Waals surface area contributed by atoms with Gasteiger partial charge in [0.25, 0.3) is 0 Å². The summed E-state index contributed by atoms with van der Waals surface area (Å²) in [6.45, 7) is 4.67. The fourth-order valence-corrected chi connectivity index (χ4v) is 12.3. The number of nitrogens with zero attached hydrogens (tertiary/aromatic N) is 1. The van der Waals surface area contributed by atoms with Gasteiger partial charge >= 0.3 is 11.9 Å². The number of hydrogen-bond donors (Lipinski definition) is 0. The number of allylic oxidation sites excluding steroid dienone is 20. The van der Waals surface area contributed by atoms with Gasteiger partial charge in [0.2, 0.25) is 0 Å². The number of likely N-dealkylation sites (N-methyl/N-ethyl adjacent to an activating group) is 1. The molecule has 0 bridgehead atoms. The van der Waals surface area contributed by atoms with Crippen LogP contribution in [0.3, 0.4) is 0 Å². The normalized spacial score (nSPS) is 13.2. The molecule has 0 heterocycles. The first-order valence-corrected chi connectivity index (χ1v) is 42.7. The van der Waals surface area contributed by atoms with Crippen molar-refractivity contribution in [3.05, 3.63) is 122 Å². The molecule has 0 amide bonds. The second-order valence-electron chi connectivity index (χ2n) is 29.8. The lowest BCUT2D eigenvalue weighted by Crippen LogP contribution is -2.44. The van der Waals surface area contributed by atoms with E-state index in [0.717, 1.165) is 109 Å². The molecule has 0 spiro atoms. The van der Waals surface area contributed by atoms with Gasteiger partial charge in [0.15, 0.2) is 12.4 Å². The topological polar surface area (TPSA) is 111 Å². The first kappa shape index (κ1) is 96.7. The summed E-state index contributed by atoms with van der Waals surface area (Å²) in [5.74, 6) is -2.28.